The first-order valence-electron chi connectivity index (χ1n) is 10.1. The summed E-state index contributed by atoms with van der Waals surface area (Å²) in [5, 5.41) is 5.66. The third kappa shape index (κ3) is 5.58. The van der Waals surface area contributed by atoms with Crippen molar-refractivity contribution < 1.29 is 9.59 Å². The molecular weight excluding hydrogens is 354 g/mol. The summed E-state index contributed by atoms with van der Waals surface area (Å²) >= 11 is 0. The van der Waals surface area contributed by atoms with E-state index in [0.29, 0.717) is 17.8 Å². The standard InChI is InChI=1S/C21H29N5O2/c1-17-22-12-16-25(17)15-6-11-23-21(28)24-19-9-7-18(8-10-19)20(27)26-13-4-2-3-5-14-26/h7-10,12,16H,2-6,11,13-15H2,1H3,(H2,23,24,28). The molecule has 1 aromatic carbocycles. The molecule has 1 aliphatic rings. The fraction of sp³-hybridized carbons (Fsp3) is 0.476. The first-order chi connectivity index (χ1) is 13.6. The minimum Gasteiger partial charge on any atom is -0.339 e. The molecule has 0 atom stereocenters. The first kappa shape index (κ1) is 19.9. The Morgan fingerprint density at radius 1 is 1.07 bits per heavy atom. The lowest BCUT2D eigenvalue weighted by Gasteiger charge is -2.20. The number of likely N-dealkylation sites (tertiary alicyclic amines) is 1. The third-order valence-corrected chi connectivity index (χ3v) is 5.07. The number of hydrogen-bond acceptors (Lipinski definition) is 3. The highest BCUT2D eigenvalue weighted by atomic mass is 16.2. The molecule has 150 valence electrons. The zero-order chi connectivity index (χ0) is 19.8. The quantitative estimate of drug-likeness (QED) is 0.750. The number of aromatic nitrogens is 2. The SMILES string of the molecule is Cc1nccn1CCCNC(=O)Nc1ccc(C(=O)N2CCCCCC2)cc1. The Balaban J connectivity index is 1.42. The molecule has 1 aliphatic heterocycles. The zero-order valence-corrected chi connectivity index (χ0v) is 16.5. The number of rotatable bonds is 6. The van der Waals surface area contributed by atoms with Crippen molar-refractivity contribution in [2.75, 3.05) is 25.0 Å². The average molecular weight is 383 g/mol. The second-order valence-electron chi connectivity index (χ2n) is 7.19. The van der Waals surface area contributed by atoms with Gasteiger partial charge in [-0.25, -0.2) is 9.78 Å². The molecule has 2 aromatic rings. The second-order valence-corrected chi connectivity index (χ2v) is 7.19. The Morgan fingerprint density at radius 3 is 2.43 bits per heavy atom. The number of amides is 3. The van der Waals surface area contributed by atoms with Crippen molar-refractivity contribution in [2.45, 2.75) is 45.6 Å². The van der Waals surface area contributed by atoms with Crippen LogP contribution < -0.4 is 10.6 Å². The van der Waals surface area contributed by atoms with Gasteiger partial charge in [-0.05, 0) is 50.5 Å². The maximum absolute atomic E-state index is 12.6. The molecule has 0 saturated carbocycles. The van der Waals surface area contributed by atoms with Gasteiger partial charge in [-0.2, -0.15) is 0 Å². The average Bonchev–Trinajstić information content (AvgIpc) is 2.94. The Kier molecular flexibility index (Phi) is 7.06. The molecule has 2 N–H and O–H groups in total. The topological polar surface area (TPSA) is 79.3 Å². The zero-order valence-electron chi connectivity index (χ0n) is 16.5. The van der Waals surface area contributed by atoms with Gasteiger partial charge in [0.2, 0.25) is 0 Å². The van der Waals surface area contributed by atoms with Crippen LogP contribution in [0.4, 0.5) is 10.5 Å². The molecule has 0 unspecified atom stereocenters. The normalized spacial score (nSPS) is 14.4. The van der Waals surface area contributed by atoms with Crippen LogP contribution in [-0.4, -0.2) is 46.0 Å². The second kappa shape index (κ2) is 9.92. The highest BCUT2D eigenvalue weighted by Crippen LogP contribution is 2.15. The minimum absolute atomic E-state index is 0.0766. The summed E-state index contributed by atoms with van der Waals surface area (Å²) in [4.78, 5) is 30.7. The van der Waals surface area contributed by atoms with E-state index in [9.17, 15) is 9.59 Å². The van der Waals surface area contributed by atoms with Gasteiger partial charge in [0.25, 0.3) is 5.91 Å². The van der Waals surface area contributed by atoms with E-state index in [1.807, 2.05) is 18.0 Å². The van der Waals surface area contributed by atoms with Gasteiger partial charge >= 0.3 is 6.03 Å². The number of carbonyl (C=O) groups is 2. The molecule has 1 saturated heterocycles. The van der Waals surface area contributed by atoms with Gasteiger partial charge in [0.15, 0.2) is 0 Å². The molecule has 0 aliphatic carbocycles. The number of anilines is 1. The summed E-state index contributed by atoms with van der Waals surface area (Å²) in [5.41, 5.74) is 1.35. The Hall–Kier alpha value is -2.83. The van der Waals surface area contributed by atoms with Crippen molar-refractivity contribution in [3.8, 4) is 0 Å². The lowest BCUT2D eigenvalue weighted by molar-refractivity contribution is 0.0761. The van der Waals surface area contributed by atoms with E-state index < -0.39 is 0 Å². The maximum atomic E-state index is 12.6. The molecule has 0 radical (unpaired) electrons. The predicted molar refractivity (Wildman–Crippen MR) is 109 cm³/mol. The number of aryl methyl sites for hydroxylation is 2. The van der Waals surface area contributed by atoms with Crippen molar-refractivity contribution >= 4 is 17.6 Å². The molecule has 0 bridgehead atoms. The van der Waals surface area contributed by atoms with E-state index >= 15 is 0 Å². The molecular formula is C21H29N5O2. The third-order valence-electron chi connectivity index (χ3n) is 5.07. The van der Waals surface area contributed by atoms with Crippen LogP contribution in [0.25, 0.3) is 0 Å². The van der Waals surface area contributed by atoms with E-state index in [1.165, 1.54) is 12.8 Å². The van der Waals surface area contributed by atoms with Gasteiger partial charge in [0, 0.05) is 49.8 Å². The first-order valence-corrected chi connectivity index (χ1v) is 10.1. The Morgan fingerprint density at radius 2 is 1.79 bits per heavy atom. The number of urea groups is 1. The predicted octanol–water partition coefficient (Wildman–Crippen LogP) is 3.42. The van der Waals surface area contributed by atoms with Crippen LogP contribution in [0.1, 0.15) is 48.3 Å². The molecule has 1 fully saturated rings. The smallest absolute Gasteiger partial charge is 0.319 e. The number of carbonyl (C=O) groups excluding carboxylic acids is 2. The summed E-state index contributed by atoms with van der Waals surface area (Å²) < 4.78 is 2.06. The molecule has 28 heavy (non-hydrogen) atoms. The number of benzene rings is 1. The van der Waals surface area contributed by atoms with Crippen molar-refractivity contribution in [3.63, 3.8) is 0 Å². The van der Waals surface area contributed by atoms with Crippen LogP contribution in [0.15, 0.2) is 36.7 Å². The monoisotopic (exact) mass is 383 g/mol. The number of imidazole rings is 1. The van der Waals surface area contributed by atoms with Crippen molar-refractivity contribution in [2.24, 2.45) is 0 Å². The summed E-state index contributed by atoms with van der Waals surface area (Å²) in [6.07, 6.45) is 9.08. The lowest BCUT2D eigenvalue weighted by Crippen LogP contribution is -2.32. The molecule has 0 spiro atoms. The van der Waals surface area contributed by atoms with Gasteiger partial charge in [0.05, 0.1) is 0 Å². The Bertz CT molecular complexity index is 776. The van der Waals surface area contributed by atoms with E-state index in [-0.39, 0.29) is 11.9 Å². The molecule has 7 heteroatoms. The van der Waals surface area contributed by atoms with Crippen LogP contribution in [0, 0.1) is 6.92 Å². The van der Waals surface area contributed by atoms with E-state index in [4.69, 9.17) is 0 Å². The van der Waals surface area contributed by atoms with E-state index in [2.05, 4.69) is 20.2 Å². The van der Waals surface area contributed by atoms with Gasteiger partial charge in [-0.1, -0.05) is 12.8 Å². The molecule has 3 rings (SSSR count). The van der Waals surface area contributed by atoms with Gasteiger partial charge in [-0.3, -0.25) is 4.79 Å². The number of nitrogens with zero attached hydrogens (tertiary/aromatic N) is 3. The highest BCUT2D eigenvalue weighted by molar-refractivity contribution is 5.95. The van der Waals surface area contributed by atoms with Crippen LogP contribution in [0.3, 0.4) is 0 Å². The van der Waals surface area contributed by atoms with E-state index in [0.717, 1.165) is 44.7 Å². The largest absolute Gasteiger partial charge is 0.339 e. The van der Waals surface area contributed by atoms with Crippen LogP contribution in [0.5, 0.6) is 0 Å². The number of hydrogen-bond donors (Lipinski definition) is 2. The minimum atomic E-state index is -0.242. The lowest BCUT2D eigenvalue weighted by atomic mass is 10.1. The maximum Gasteiger partial charge on any atom is 0.319 e. The highest BCUT2D eigenvalue weighted by Gasteiger charge is 2.17. The fourth-order valence-corrected chi connectivity index (χ4v) is 3.42. The summed E-state index contributed by atoms with van der Waals surface area (Å²) in [7, 11) is 0. The van der Waals surface area contributed by atoms with E-state index in [1.54, 1.807) is 30.5 Å². The van der Waals surface area contributed by atoms with Crippen molar-refractivity contribution in [1.82, 2.24) is 19.8 Å². The van der Waals surface area contributed by atoms with Crippen LogP contribution in [0.2, 0.25) is 0 Å². The Labute approximate surface area is 166 Å². The van der Waals surface area contributed by atoms with Gasteiger partial charge in [0.1, 0.15) is 5.82 Å². The van der Waals surface area contributed by atoms with Crippen LogP contribution in [-0.2, 0) is 6.54 Å². The molecule has 3 amide bonds. The molecule has 2 heterocycles. The fourth-order valence-electron chi connectivity index (χ4n) is 3.42. The van der Waals surface area contributed by atoms with Crippen molar-refractivity contribution in [1.29, 1.82) is 0 Å². The summed E-state index contributed by atoms with van der Waals surface area (Å²) in [5.74, 6) is 1.05. The summed E-state index contributed by atoms with van der Waals surface area (Å²) in [6, 6.07) is 6.88. The van der Waals surface area contributed by atoms with Crippen LogP contribution >= 0.6 is 0 Å². The number of nitrogens with one attached hydrogen (secondary N) is 2. The van der Waals surface area contributed by atoms with Crippen molar-refractivity contribution in [3.05, 3.63) is 48.0 Å². The van der Waals surface area contributed by atoms with Gasteiger partial charge in [-0.15, -0.1) is 0 Å². The summed E-state index contributed by atoms with van der Waals surface area (Å²) in [6.45, 7) is 5.02. The molecule has 7 nitrogen and oxygen atoms in total. The van der Waals surface area contributed by atoms with Gasteiger partial charge < -0.3 is 20.1 Å². The molecule has 1 aromatic heterocycles.